The highest BCUT2D eigenvalue weighted by molar-refractivity contribution is 6.05. The molecule has 4 heterocycles. The van der Waals surface area contributed by atoms with Crippen molar-refractivity contribution in [2.24, 2.45) is 0 Å². The van der Waals surface area contributed by atoms with Crippen molar-refractivity contribution < 1.29 is 19.7 Å². The van der Waals surface area contributed by atoms with Crippen LogP contribution < -0.4 is 20.9 Å². The molecule has 0 aliphatic carbocycles. The minimum absolute atomic E-state index is 0.143. The number of hydrogen-bond acceptors (Lipinski definition) is 9. The Labute approximate surface area is 179 Å². The number of amides is 1. The Morgan fingerprint density at radius 2 is 1.87 bits per heavy atom. The molecule has 5 N–H and O–H groups in total. The lowest BCUT2D eigenvalue weighted by molar-refractivity contribution is -0.113. The Hall–Kier alpha value is -3.50. The van der Waals surface area contributed by atoms with Gasteiger partial charge in [-0.25, -0.2) is 4.90 Å². The highest BCUT2D eigenvalue weighted by Gasteiger charge is 2.32. The summed E-state index contributed by atoms with van der Waals surface area (Å²) in [7, 11) is 0. The number of rotatable bonds is 4. The first-order valence-corrected chi connectivity index (χ1v) is 10.2. The van der Waals surface area contributed by atoms with Gasteiger partial charge in [-0.15, -0.1) is 0 Å². The molecule has 2 aromatic rings. The number of nitrogens with one attached hydrogen (secondary N) is 3. The molecule has 0 spiro atoms. The first-order valence-electron chi connectivity index (χ1n) is 10.2. The number of fused-ring (bicyclic) bond motifs is 1. The number of benzene rings is 1. The van der Waals surface area contributed by atoms with Crippen molar-refractivity contribution in [1.29, 1.82) is 0 Å². The number of phenols is 2. The molecule has 10 nitrogen and oxygen atoms in total. The number of nitrogens with zero attached hydrogens (tertiary/aromatic N) is 3. The molecule has 162 valence electrons. The van der Waals surface area contributed by atoms with E-state index in [0.29, 0.717) is 24.5 Å². The Balaban J connectivity index is 1.23. The molecular weight excluding hydrogens is 400 g/mol. The largest absolute Gasteiger partial charge is 0.504 e. The maximum absolute atomic E-state index is 12.9. The number of aromatic hydroxyl groups is 2. The third-order valence-corrected chi connectivity index (χ3v) is 5.72. The van der Waals surface area contributed by atoms with Crippen LogP contribution in [0.4, 0.5) is 11.4 Å². The zero-order valence-electron chi connectivity index (χ0n) is 16.8. The van der Waals surface area contributed by atoms with Crippen LogP contribution >= 0.6 is 0 Å². The minimum Gasteiger partial charge on any atom is -0.504 e. The molecule has 3 aliphatic rings. The van der Waals surface area contributed by atoms with Crippen LogP contribution in [0.25, 0.3) is 0 Å². The zero-order chi connectivity index (χ0) is 21.4. The van der Waals surface area contributed by atoms with Crippen LogP contribution in [0.15, 0.2) is 42.6 Å². The Morgan fingerprint density at radius 3 is 2.58 bits per heavy atom. The second-order valence-electron chi connectivity index (χ2n) is 7.76. The van der Waals surface area contributed by atoms with Crippen LogP contribution in [0.1, 0.15) is 11.1 Å². The van der Waals surface area contributed by atoms with E-state index < -0.39 is 6.35 Å². The van der Waals surface area contributed by atoms with Gasteiger partial charge in [-0.3, -0.25) is 9.78 Å². The van der Waals surface area contributed by atoms with Gasteiger partial charge in [-0.1, -0.05) is 0 Å². The second kappa shape index (κ2) is 7.97. The molecule has 10 heteroatoms. The number of aromatic nitrogens is 1. The molecule has 0 bridgehead atoms. The van der Waals surface area contributed by atoms with Gasteiger partial charge in [0.1, 0.15) is 12.0 Å². The summed E-state index contributed by atoms with van der Waals surface area (Å²) >= 11 is 0. The molecule has 1 fully saturated rings. The minimum atomic E-state index is -0.515. The first-order chi connectivity index (χ1) is 15.1. The molecule has 1 amide bonds. The molecule has 0 radical (unpaired) electrons. The quantitative estimate of drug-likeness (QED) is 0.449. The van der Waals surface area contributed by atoms with Gasteiger partial charge in [0, 0.05) is 45.5 Å². The SMILES string of the molecule is O=C(Nc1cnccc1N1CCNCC1)C1=COC(N2Cc3cc(O)c(O)cc3C2)N1. The molecule has 1 aromatic heterocycles. The fourth-order valence-corrected chi connectivity index (χ4v) is 4.10. The topological polar surface area (TPSA) is 122 Å². The zero-order valence-corrected chi connectivity index (χ0v) is 16.8. The van der Waals surface area contributed by atoms with Gasteiger partial charge in [0.05, 0.1) is 17.6 Å². The highest BCUT2D eigenvalue weighted by atomic mass is 16.5. The third kappa shape index (κ3) is 3.82. The molecular formula is C21H24N6O4. The average molecular weight is 424 g/mol. The number of carbonyl (C=O) groups is 1. The molecule has 1 unspecified atom stereocenters. The van der Waals surface area contributed by atoms with Crippen molar-refractivity contribution in [3.63, 3.8) is 0 Å². The molecule has 3 aliphatic heterocycles. The molecule has 1 aromatic carbocycles. The van der Waals surface area contributed by atoms with Gasteiger partial charge in [-0.05, 0) is 29.3 Å². The maximum Gasteiger partial charge on any atom is 0.275 e. The normalized spacial score (nSPS) is 20.6. The van der Waals surface area contributed by atoms with E-state index in [1.165, 1.54) is 6.26 Å². The second-order valence-corrected chi connectivity index (χ2v) is 7.76. The lowest BCUT2D eigenvalue weighted by Crippen LogP contribution is -2.44. The summed E-state index contributed by atoms with van der Waals surface area (Å²) in [4.78, 5) is 21.2. The monoisotopic (exact) mass is 424 g/mol. The van der Waals surface area contributed by atoms with Gasteiger partial charge in [-0.2, -0.15) is 0 Å². The van der Waals surface area contributed by atoms with Gasteiger partial charge in [0.25, 0.3) is 5.91 Å². The van der Waals surface area contributed by atoms with Crippen LogP contribution in [0.2, 0.25) is 0 Å². The van der Waals surface area contributed by atoms with E-state index in [-0.39, 0.29) is 17.4 Å². The maximum atomic E-state index is 12.9. The van der Waals surface area contributed by atoms with Gasteiger partial charge < -0.3 is 35.8 Å². The van der Waals surface area contributed by atoms with Crippen molar-refractivity contribution in [2.45, 2.75) is 19.4 Å². The van der Waals surface area contributed by atoms with E-state index in [0.717, 1.165) is 43.0 Å². The fourth-order valence-electron chi connectivity index (χ4n) is 4.10. The fraction of sp³-hybridized carbons (Fsp3) is 0.333. The van der Waals surface area contributed by atoms with Crippen molar-refractivity contribution in [2.75, 3.05) is 36.4 Å². The van der Waals surface area contributed by atoms with Crippen molar-refractivity contribution in [3.8, 4) is 11.5 Å². The van der Waals surface area contributed by atoms with E-state index in [9.17, 15) is 15.0 Å². The number of hydrogen-bond donors (Lipinski definition) is 5. The smallest absolute Gasteiger partial charge is 0.275 e. The average Bonchev–Trinajstić information content (AvgIpc) is 3.42. The summed E-state index contributed by atoms with van der Waals surface area (Å²) in [6.07, 6.45) is 4.27. The van der Waals surface area contributed by atoms with E-state index in [1.807, 2.05) is 11.0 Å². The van der Waals surface area contributed by atoms with E-state index in [4.69, 9.17) is 4.74 Å². The number of ether oxygens (including phenoxy) is 1. The van der Waals surface area contributed by atoms with Crippen LogP contribution in [0.5, 0.6) is 11.5 Å². The van der Waals surface area contributed by atoms with E-state index >= 15 is 0 Å². The number of pyridine rings is 1. The van der Waals surface area contributed by atoms with Crippen LogP contribution in [0, 0.1) is 0 Å². The van der Waals surface area contributed by atoms with Crippen molar-refractivity contribution >= 4 is 17.3 Å². The number of phenolic OH excluding ortho intramolecular Hbond substituents is 2. The number of piperazine rings is 1. The first kappa shape index (κ1) is 19.5. The summed E-state index contributed by atoms with van der Waals surface area (Å²) in [6, 6.07) is 5.02. The predicted molar refractivity (Wildman–Crippen MR) is 113 cm³/mol. The molecule has 1 saturated heterocycles. The van der Waals surface area contributed by atoms with Crippen LogP contribution in [-0.4, -0.2) is 58.5 Å². The highest BCUT2D eigenvalue weighted by Crippen LogP contribution is 2.34. The van der Waals surface area contributed by atoms with E-state index in [2.05, 4.69) is 25.8 Å². The number of carbonyl (C=O) groups excluding carboxylic acids is 1. The van der Waals surface area contributed by atoms with Gasteiger partial charge >= 0.3 is 0 Å². The Bertz CT molecular complexity index is 1010. The molecule has 31 heavy (non-hydrogen) atoms. The Morgan fingerprint density at radius 1 is 1.16 bits per heavy atom. The summed E-state index contributed by atoms with van der Waals surface area (Å²) in [5.74, 6) is -0.592. The van der Waals surface area contributed by atoms with Crippen LogP contribution in [-0.2, 0) is 22.6 Å². The summed E-state index contributed by atoms with van der Waals surface area (Å²) in [5.41, 5.74) is 3.74. The van der Waals surface area contributed by atoms with E-state index in [1.54, 1.807) is 24.5 Å². The molecule has 1 atom stereocenters. The lowest BCUT2D eigenvalue weighted by atomic mass is 10.1. The lowest BCUT2D eigenvalue weighted by Gasteiger charge is -2.30. The van der Waals surface area contributed by atoms with Crippen molar-refractivity contribution in [3.05, 3.63) is 53.7 Å². The predicted octanol–water partition coefficient (Wildman–Crippen LogP) is 0.601. The van der Waals surface area contributed by atoms with Crippen molar-refractivity contribution in [1.82, 2.24) is 20.5 Å². The summed E-state index contributed by atoms with van der Waals surface area (Å²) in [6.45, 7) is 4.56. The third-order valence-electron chi connectivity index (χ3n) is 5.72. The standard InChI is InChI=1S/C21H24N6O4/c28-18-7-13-10-27(11-14(13)8-19(18)29)21-25-16(12-31-21)20(30)24-15-9-23-2-1-17(15)26-5-3-22-4-6-26/h1-2,7-9,12,21-22,25,28-29H,3-6,10-11H2,(H,24,30). The van der Waals surface area contributed by atoms with Crippen LogP contribution in [0.3, 0.4) is 0 Å². The van der Waals surface area contributed by atoms with Gasteiger partial charge in [0.2, 0.25) is 6.35 Å². The number of anilines is 2. The van der Waals surface area contributed by atoms with Gasteiger partial charge in [0.15, 0.2) is 11.5 Å². The Kier molecular flexibility index (Phi) is 5.00. The summed E-state index contributed by atoms with van der Waals surface area (Å²) in [5, 5.41) is 28.8. The summed E-state index contributed by atoms with van der Waals surface area (Å²) < 4.78 is 5.68. The molecule has 0 saturated carbocycles. The molecule has 5 rings (SSSR count).